The van der Waals surface area contributed by atoms with Crippen molar-refractivity contribution in [2.45, 2.75) is 6.54 Å². The van der Waals surface area contributed by atoms with E-state index in [9.17, 15) is 9.59 Å². The molecule has 0 unspecified atom stereocenters. The molecular weight excluding hydrogens is 417 g/mol. The van der Waals surface area contributed by atoms with Gasteiger partial charge in [0.2, 0.25) is 5.95 Å². The Morgan fingerprint density at radius 1 is 1.07 bits per heavy atom. The number of aromatic nitrogens is 6. The quantitative estimate of drug-likeness (QED) is 0.532. The minimum atomic E-state index is -0.488. The number of anilines is 2. The summed E-state index contributed by atoms with van der Waals surface area (Å²) in [4.78, 5) is 30.3. The van der Waals surface area contributed by atoms with E-state index in [0.717, 1.165) is 4.57 Å². The van der Waals surface area contributed by atoms with Gasteiger partial charge in [-0.05, 0) is 29.8 Å². The number of hydrogen-bond acceptors (Lipinski definition) is 6. The second-order valence-corrected chi connectivity index (χ2v) is 7.20. The summed E-state index contributed by atoms with van der Waals surface area (Å²) in [6, 6.07) is 8.41. The molecule has 0 fully saturated rings. The smallest absolute Gasteiger partial charge is 0.309 e. The molecule has 3 heterocycles. The summed E-state index contributed by atoms with van der Waals surface area (Å²) in [5, 5.41) is 11.5. The second-order valence-electron chi connectivity index (χ2n) is 6.38. The summed E-state index contributed by atoms with van der Waals surface area (Å²) >= 11 is 12.0. The number of rotatable bonds is 4. The number of halogens is 2. The van der Waals surface area contributed by atoms with E-state index in [1.165, 1.54) is 4.57 Å². The molecule has 4 rings (SSSR count). The fraction of sp³-hybridized carbons (Fsp3) is 0.167. The zero-order valence-electron chi connectivity index (χ0n) is 15.4. The lowest BCUT2D eigenvalue weighted by atomic mass is 10.2. The highest BCUT2D eigenvalue weighted by Gasteiger charge is 2.19. The molecule has 148 valence electrons. The van der Waals surface area contributed by atoms with Gasteiger partial charge in [-0.3, -0.25) is 13.9 Å². The van der Waals surface area contributed by atoms with Crippen LogP contribution in [0.3, 0.4) is 0 Å². The van der Waals surface area contributed by atoms with Crippen LogP contribution in [0.1, 0.15) is 5.56 Å². The third-order valence-electron chi connectivity index (χ3n) is 4.50. The van der Waals surface area contributed by atoms with E-state index in [-0.39, 0.29) is 17.7 Å². The molecule has 0 aliphatic heterocycles. The highest BCUT2D eigenvalue weighted by atomic mass is 35.5. The van der Waals surface area contributed by atoms with Gasteiger partial charge in [0.15, 0.2) is 17.0 Å². The molecule has 9 nitrogen and oxygen atoms in total. The summed E-state index contributed by atoms with van der Waals surface area (Å²) in [5.74, 6) is 0.826. The van der Waals surface area contributed by atoms with Crippen LogP contribution in [0.2, 0.25) is 10.0 Å². The Morgan fingerprint density at radius 3 is 2.55 bits per heavy atom. The molecule has 4 aromatic rings. The van der Waals surface area contributed by atoms with Gasteiger partial charge in [-0.1, -0.05) is 29.3 Å². The molecule has 0 amide bonds. The fourth-order valence-corrected chi connectivity index (χ4v) is 3.32. The Morgan fingerprint density at radius 2 is 1.86 bits per heavy atom. The van der Waals surface area contributed by atoms with Gasteiger partial charge in [-0.15, -0.1) is 5.10 Å². The van der Waals surface area contributed by atoms with Gasteiger partial charge in [0, 0.05) is 20.3 Å². The molecule has 0 saturated heterocycles. The molecular formula is C18H15Cl2N7O2. The minimum Gasteiger partial charge on any atom is -0.309 e. The Balaban J connectivity index is 1.85. The maximum atomic E-state index is 13.1. The van der Waals surface area contributed by atoms with Gasteiger partial charge in [-0.25, -0.2) is 4.79 Å². The largest absolute Gasteiger partial charge is 0.332 e. The van der Waals surface area contributed by atoms with E-state index in [0.29, 0.717) is 27.4 Å². The molecule has 3 aromatic heterocycles. The highest BCUT2D eigenvalue weighted by Crippen LogP contribution is 2.23. The molecule has 0 radical (unpaired) electrons. The summed E-state index contributed by atoms with van der Waals surface area (Å²) < 4.78 is 4.04. The van der Waals surface area contributed by atoms with Crippen LogP contribution in [0, 0.1) is 0 Å². The van der Waals surface area contributed by atoms with E-state index in [1.54, 1.807) is 55.2 Å². The van der Waals surface area contributed by atoms with Crippen molar-refractivity contribution in [1.82, 2.24) is 28.9 Å². The third-order valence-corrected chi connectivity index (χ3v) is 5.24. The zero-order chi connectivity index (χ0) is 20.7. The van der Waals surface area contributed by atoms with E-state index >= 15 is 0 Å². The van der Waals surface area contributed by atoms with Gasteiger partial charge < -0.3 is 9.88 Å². The molecule has 1 N–H and O–H groups in total. The van der Waals surface area contributed by atoms with Gasteiger partial charge in [-0.2, -0.15) is 10.1 Å². The first kappa shape index (κ1) is 19.2. The van der Waals surface area contributed by atoms with Crippen LogP contribution >= 0.6 is 23.2 Å². The van der Waals surface area contributed by atoms with Gasteiger partial charge in [0.1, 0.15) is 0 Å². The van der Waals surface area contributed by atoms with E-state index < -0.39 is 11.2 Å². The fourth-order valence-electron chi connectivity index (χ4n) is 3.00. The van der Waals surface area contributed by atoms with Gasteiger partial charge in [0.25, 0.3) is 5.56 Å². The van der Waals surface area contributed by atoms with Crippen LogP contribution in [-0.2, 0) is 20.6 Å². The van der Waals surface area contributed by atoms with Crippen molar-refractivity contribution in [2.24, 2.45) is 14.1 Å². The minimum absolute atomic E-state index is 0.0520. The number of imidazole rings is 1. The van der Waals surface area contributed by atoms with Crippen molar-refractivity contribution in [3.63, 3.8) is 0 Å². The molecule has 0 aliphatic carbocycles. The van der Waals surface area contributed by atoms with Crippen LogP contribution < -0.4 is 16.6 Å². The average molecular weight is 432 g/mol. The molecule has 0 saturated carbocycles. The summed E-state index contributed by atoms with van der Waals surface area (Å²) in [6.45, 7) is 0.0520. The standard InChI is InChI=1S/C18H15Cl2N7O2/c1-25-14-15(23-17(25)22-13-4-3-7-21-24-13)26(2)18(29)27(16(14)28)9-10-5-6-11(19)12(20)8-10/h3-8H,9H2,1-2H3,(H,22,23,24). The summed E-state index contributed by atoms with van der Waals surface area (Å²) in [7, 11) is 3.25. The summed E-state index contributed by atoms with van der Waals surface area (Å²) in [6.07, 6.45) is 1.55. The maximum absolute atomic E-state index is 13.1. The van der Waals surface area contributed by atoms with Crippen molar-refractivity contribution in [1.29, 1.82) is 0 Å². The van der Waals surface area contributed by atoms with Crippen molar-refractivity contribution in [3.8, 4) is 0 Å². The van der Waals surface area contributed by atoms with Crippen LogP contribution in [0.4, 0.5) is 11.8 Å². The second kappa shape index (κ2) is 7.34. The lowest BCUT2D eigenvalue weighted by Crippen LogP contribution is -2.39. The SMILES string of the molecule is Cn1c(Nc2cccnn2)nc2c1c(=O)n(Cc1ccc(Cl)c(Cl)c1)c(=O)n2C. The van der Waals surface area contributed by atoms with Crippen molar-refractivity contribution in [3.05, 3.63) is 73.0 Å². The van der Waals surface area contributed by atoms with Crippen molar-refractivity contribution < 1.29 is 0 Å². The van der Waals surface area contributed by atoms with E-state index in [4.69, 9.17) is 23.2 Å². The molecule has 0 spiro atoms. The average Bonchev–Trinajstić information content (AvgIpc) is 3.03. The van der Waals surface area contributed by atoms with Gasteiger partial charge in [0.05, 0.1) is 16.6 Å². The lowest BCUT2D eigenvalue weighted by molar-refractivity contribution is 0.655. The molecule has 0 atom stereocenters. The van der Waals surface area contributed by atoms with Crippen molar-refractivity contribution >= 4 is 46.1 Å². The molecule has 11 heteroatoms. The molecule has 29 heavy (non-hydrogen) atoms. The monoisotopic (exact) mass is 431 g/mol. The van der Waals surface area contributed by atoms with Crippen LogP contribution in [0.15, 0.2) is 46.1 Å². The predicted octanol–water partition coefficient (Wildman–Crippen LogP) is 2.32. The molecule has 0 bridgehead atoms. The first-order valence-electron chi connectivity index (χ1n) is 8.51. The number of nitrogens with one attached hydrogen (secondary N) is 1. The Labute approximate surface area is 174 Å². The number of hydrogen-bond donors (Lipinski definition) is 1. The lowest BCUT2D eigenvalue weighted by Gasteiger charge is -2.09. The number of benzene rings is 1. The molecule has 1 aromatic carbocycles. The van der Waals surface area contributed by atoms with Crippen molar-refractivity contribution in [2.75, 3.05) is 5.32 Å². The van der Waals surface area contributed by atoms with Crippen LogP contribution in [0.5, 0.6) is 0 Å². The van der Waals surface area contributed by atoms with Crippen LogP contribution in [-0.4, -0.2) is 28.9 Å². The molecule has 0 aliphatic rings. The van der Waals surface area contributed by atoms with Gasteiger partial charge >= 0.3 is 5.69 Å². The van der Waals surface area contributed by atoms with Crippen LogP contribution in [0.25, 0.3) is 11.2 Å². The van der Waals surface area contributed by atoms with E-state index in [2.05, 4.69) is 20.5 Å². The Kier molecular flexibility index (Phi) is 4.85. The highest BCUT2D eigenvalue weighted by molar-refractivity contribution is 6.42. The summed E-state index contributed by atoms with van der Waals surface area (Å²) in [5.41, 5.74) is 0.268. The van der Waals surface area contributed by atoms with E-state index in [1.807, 2.05) is 0 Å². The normalized spacial score (nSPS) is 11.2. The predicted molar refractivity (Wildman–Crippen MR) is 111 cm³/mol. The topological polar surface area (TPSA) is 99.6 Å². The third kappa shape index (κ3) is 3.39. The zero-order valence-corrected chi connectivity index (χ0v) is 16.9. The number of aryl methyl sites for hydroxylation is 2. The number of nitrogens with zero attached hydrogens (tertiary/aromatic N) is 6. The first-order chi connectivity index (χ1) is 13.9. The maximum Gasteiger partial charge on any atom is 0.332 e. The first-order valence-corrected chi connectivity index (χ1v) is 9.27. The Bertz CT molecular complexity index is 1340. The Hall–Kier alpha value is -3.17. The number of fused-ring (bicyclic) bond motifs is 1.